The molecule has 0 unspecified atom stereocenters. The maximum absolute atomic E-state index is 11.3. The number of aliphatic hydroxyl groups is 4. The van der Waals surface area contributed by atoms with Crippen LogP contribution < -0.4 is 0 Å². The van der Waals surface area contributed by atoms with Crippen molar-refractivity contribution in [1.29, 1.82) is 0 Å². The molecule has 0 fully saturated rings. The molecule has 18 nitrogen and oxygen atoms in total. The van der Waals surface area contributed by atoms with Crippen LogP contribution in [0.3, 0.4) is 0 Å². The number of aldehydes is 2. The minimum absolute atomic E-state index is 0.234. The van der Waals surface area contributed by atoms with E-state index in [0.29, 0.717) is 6.29 Å². The van der Waals surface area contributed by atoms with E-state index in [2.05, 4.69) is 4.74 Å². The lowest BCUT2D eigenvalue weighted by Crippen LogP contribution is -2.23. The van der Waals surface area contributed by atoms with Crippen molar-refractivity contribution in [2.45, 2.75) is 182 Å². The Morgan fingerprint density at radius 3 is 1.02 bits per heavy atom. The number of ether oxygens (including phenoxy) is 4. The van der Waals surface area contributed by atoms with Crippen LogP contribution in [0, 0.1) is 0 Å². The van der Waals surface area contributed by atoms with Crippen molar-refractivity contribution >= 4 is 48.4 Å². The fraction of sp³-hybridized carbons (Fsp3) is 0.800. The molecule has 0 saturated heterocycles. The summed E-state index contributed by atoms with van der Waals surface area (Å²) in [5, 5.41) is 49.9. The molecule has 0 aliphatic carbocycles. The van der Waals surface area contributed by atoms with Gasteiger partial charge in [0.2, 0.25) is 0 Å². The molecule has 18 heteroatoms. The number of aliphatic hydroxyl groups excluding tert-OH is 4. The van der Waals surface area contributed by atoms with Gasteiger partial charge in [-0.05, 0) is 109 Å². The Balaban J connectivity index is -0.000000195. The summed E-state index contributed by atoms with van der Waals surface area (Å²) in [7, 11) is 0. The maximum Gasteiger partial charge on any atom is 0.306 e. The molecule has 0 aliphatic heterocycles. The van der Waals surface area contributed by atoms with E-state index >= 15 is 0 Å². The average Bonchev–Trinajstić information content (AvgIpc) is 3.19. The van der Waals surface area contributed by atoms with Gasteiger partial charge in [0.05, 0.1) is 12.7 Å². The van der Waals surface area contributed by atoms with Crippen LogP contribution >= 0.6 is 0 Å². The second-order valence-corrected chi connectivity index (χ2v) is 13.8. The maximum atomic E-state index is 11.3. The van der Waals surface area contributed by atoms with Gasteiger partial charge in [0, 0.05) is 89.4 Å². The lowest BCUT2D eigenvalue weighted by Gasteiger charge is -2.19. The second kappa shape index (κ2) is 39.8. The monoisotopic (exact) mass is 863 g/mol. The van der Waals surface area contributed by atoms with Gasteiger partial charge >= 0.3 is 35.8 Å². The van der Waals surface area contributed by atoms with Crippen LogP contribution in [0.25, 0.3) is 0 Å². The highest BCUT2D eigenvalue weighted by atomic mass is 16.6. The molecular formula is C40H76O18. The molecule has 0 aromatic heterocycles. The van der Waals surface area contributed by atoms with Crippen LogP contribution in [-0.2, 0) is 57.3 Å². The van der Waals surface area contributed by atoms with Gasteiger partial charge in [-0.15, -0.1) is 0 Å². The molecule has 0 aromatic carbocycles. The number of hydrogen-bond acceptors (Lipinski definition) is 16. The summed E-state index contributed by atoms with van der Waals surface area (Å²) >= 11 is 0. The van der Waals surface area contributed by atoms with E-state index in [4.69, 9.17) is 69.5 Å². The van der Waals surface area contributed by atoms with Crippen molar-refractivity contribution in [3.8, 4) is 0 Å². The van der Waals surface area contributed by atoms with Gasteiger partial charge in [-0.2, -0.15) is 0 Å². The van der Waals surface area contributed by atoms with Crippen molar-refractivity contribution in [1.82, 2.24) is 0 Å². The summed E-state index contributed by atoms with van der Waals surface area (Å²) in [4.78, 5) is 85.3. The normalized spacial score (nSPS) is 17.3. The Morgan fingerprint density at radius 2 is 0.759 bits per heavy atom. The predicted octanol–water partition coefficient (Wildman–Crippen LogP) is 4.50. The van der Waals surface area contributed by atoms with E-state index < -0.39 is 142 Å². The molecule has 0 spiro atoms. The van der Waals surface area contributed by atoms with Crippen molar-refractivity contribution < 1.29 is 113 Å². The Labute approximate surface area is 370 Å². The highest BCUT2D eigenvalue weighted by molar-refractivity contribution is 5.73. The van der Waals surface area contributed by atoms with E-state index in [9.17, 15) is 38.4 Å². The number of rotatable bonds is 18. The average molecular weight is 863 g/mol. The summed E-state index contributed by atoms with van der Waals surface area (Å²) in [5.74, 6) is -8.06. The molecule has 0 bridgehead atoms. The van der Waals surface area contributed by atoms with E-state index in [1.807, 2.05) is 0 Å². The first-order chi connectivity index (χ1) is 33.0. The molecule has 344 valence electrons. The third-order valence-electron chi connectivity index (χ3n) is 3.47. The predicted molar refractivity (Wildman–Crippen MR) is 215 cm³/mol. The highest BCUT2D eigenvalue weighted by Crippen LogP contribution is 2.11. The summed E-state index contributed by atoms with van der Waals surface area (Å²) in [5.41, 5.74) is -3.24. The minimum Gasteiger partial charge on any atom is -0.481 e. The number of carboxylic acid groups (broad SMARTS) is 2. The summed E-state index contributed by atoms with van der Waals surface area (Å²) in [6.07, 6.45) is -24.7. The first-order valence-electron chi connectivity index (χ1n) is 25.8. The van der Waals surface area contributed by atoms with E-state index in [1.165, 1.54) is 20.8 Å². The SMILES string of the molecule is [2H]C([2H])(C=O)C([2H])([2H])C(=O)OC(C)(C)C.[2H]C([2H])(CC=O)C(=O)OC(C)(C)C.[2H]C([2H])(CCO)C(=O)O.[2H]C([2H])(CCO)C(=O)OC(C)(C)C.[2H]C([2H])(CO)C([2H])([2H])C(=O)O.[2H]C([2H])(CO)C([2H])([2H])C(=O)OC(C)(C)C. The largest absolute Gasteiger partial charge is 0.481 e. The van der Waals surface area contributed by atoms with Gasteiger partial charge in [-0.25, -0.2) is 0 Å². The molecule has 0 heterocycles. The number of carbonyl (C=O) groups excluding carboxylic acids is 6. The van der Waals surface area contributed by atoms with Gasteiger partial charge in [0.1, 0.15) is 35.0 Å². The zero-order valence-corrected chi connectivity index (χ0v) is 35.2. The smallest absolute Gasteiger partial charge is 0.306 e. The third kappa shape index (κ3) is 84.5. The fourth-order valence-electron chi connectivity index (χ4n) is 2.00. The molecule has 0 aromatic rings. The van der Waals surface area contributed by atoms with Gasteiger partial charge in [0.25, 0.3) is 0 Å². The number of carbonyl (C=O) groups is 8. The lowest BCUT2D eigenvalue weighted by atomic mass is 10.2. The molecule has 58 heavy (non-hydrogen) atoms. The number of esters is 4. The van der Waals surface area contributed by atoms with Crippen LogP contribution in [0.1, 0.15) is 184 Å². The molecule has 0 radical (unpaired) electrons. The van der Waals surface area contributed by atoms with Crippen molar-refractivity contribution in [3.05, 3.63) is 0 Å². The number of hydrogen-bond donors (Lipinski definition) is 6. The van der Waals surface area contributed by atoms with Gasteiger partial charge < -0.3 is 59.2 Å². The van der Waals surface area contributed by atoms with E-state index in [-0.39, 0.29) is 25.7 Å². The Bertz CT molecular complexity index is 1850. The Kier molecular flexibility index (Phi) is 23.9. The van der Waals surface area contributed by atoms with Crippen molar-refractivity contribution in [2.75, 3.05) is 26.4 Å². The van der Waals surface area contributed by atoms with Crippen molar-refractivity contribution in [3.63, 3.8) is 0 Å². The van der Waals surface area contributed by atoms with Gasteiger partial charge in [-0.1, -0.05) is 0 Å². The summed E-state index contributed by atoms with van der Waals surface area (Å²) in [6.45, 7) is 16.1. The van der Waals surface area contributed by atoms with Crippen LogP contribution in [0.2, 0.25) is 0 Å². The molecule has 0 saturated carbocycles. The molecule has 0 aliphatic rings. The standard InChI is InChI=1S/2C8H16O3.2C8H14O3.2C4H8O3/c4*1-8(2,3)11-7(10)5-4-6-9;2*5-3-1-2-4(6)7/h2*9H,4-6H2,1-3H3;2*6H,4-5H2,1-3H3;2*5H,1-3H2,(H,6,7)/i4D2,5D2;5D2;4D2,5D2;5D2;1D2,2D2;2D2. The van der Waals surface area contributed by atoms with Crippen molar-refractivity contribution in [2.24, 2.45) is 0 Å². The zero-order valence-electron chi connectivity index (χ0n) is 53.2. The Hall–Kier alpha value is -4.00. The molecular weight excluding hydrogens is 768 g/mol. The summed E-state index contributed by atoms with van der Waals surface area (Å²) < 4.78 is 146. The topological polar surface area (TPSA) is 295 Å². The summed E-state index contributed by atoms with van der Waals surface area (Å²) in [6, 6.07) is 0. The number of carboxylic acids is 2. The van der Waals surface area contributed by atoms with E-state index in [0.717, 1.165) is 0 Å². The zero-order chi connectivity index (χ0) is 63.2. The molecule has 0 rings (SSSR count). The first kappa shape index (κ1) is 34.8. The van der Waals surface area contributed by atoms with E-state index in [1.54, 1.807) is 62.3 Å². The quantitative estimate of drug-likeness (QED) is 0.0628. The molecule has 6 N–H and O–H groups in total. The van der Waals surface area contributed by atoms with Crippen LogP contribution in [-0.4, -0.2) is 128 Å². The molecule has 0 atom stereocenters. The fourth-order valence-corrected chi connectivity index (χ4v) is 2.00. The Morgan fingerprint density at radius 1 is 0.448 bits per heavy atom. The minimum atomic E-state index is -3.05. The first-order valence-corrected chi connectivity index (χ1v) is 16.8. The van der Waals surface area contributed by atoms with Gasteiger partial charge in [-0.3, -0.25) is 28.8 Å². The lowest BCUT2D eigenvalue weighted by molar-refractivity contribution is -0.156. The van der Waals surface area contributed by atoms with Crippen LogP contribution in [0.5, 0.6) is 0 Å². The van der Waals surface area contributed by atoms with Crippen LogP contribution in [0.15, 0.2) is 0 Å². The van der Waals surface area contributed by atoms with Gasteiger partial charge in [0.15, 0.2) is 0 Å². The number of aliphatic carboxylic acids is 2. The highest BCUT2D eigenvalue weighted by Gasteiger charge is 2.17. The molecule has 0 amide bonds. The second-order valence-electron chi connectivity index (χ2n) is 13.8. The third-order valence-corrected chi connectivity index (χ3v) is 3.47. The van der Waals surface area contributed by atoms with Crippen LogP contribution in [0.4, 0.5) is 0 Å².